The molecule has 0 aliphatic carbocycles. The van der Waals surface area contributed by atoms with E-state index >= 15 is 0 Å². The van der Waals surface area contributed by atoms with Crippen LogP contribution in [-0.4, -0.2) is 49.9 Å². The first-order valence-corrected chi connectivity index (χ1v) is 8.47. The summed E-state index contributed by atoms with van der Waals surface area (Å²) < 4.78 is 60.0. The molecule has 1 aliphatic heterocycles. The molecule has 1 aliphatic rings. The lowest BCUT2D eigenvalue weighted by molar-refractivity contribution is -0.0436. The fourth-order valence-corrected chi connectivity index (χ4v) is 3.35. The normalized spacial score (nSPS) is 22.9. The van der Waals surface area contributed by atoms with Crippen molar-refractivity contribution < 1.29 is 26.4 Å². The first-order valence-electron chi connectivity index (χ1n) is 6.99. The molecular weight excluding hydrogens is 333 g/mol. The van der Waals surface area contributed by atoms with Gasteiger partial charge in [-0.2, -0.15) is 13.2 Å². The Morgan fingerprint density at radius 3 is 2.04 bits per heavy atom. The number of halogens is 3. The molecule has 2 unspecified atom stereocenters. The minimum atomic E-state index is -5.40. The smallest absolute Gasteiger partial charge is 0.336 e. The lowest BCUT2D eigenvalue weighted by atomic mass is 10.1. The van der Waals surface area contributed by atoms with Gasteiger partial charge in [0.15, 0.2) is 0 Å². The van der Waals surface area contributed by atoms with Gasteiger partial charge in [0.05, 0.1) is 4.90 Å². The van der Waals surface area contributed by atoms with Crippen molar-refractivity contribution in [2.45, 2.75) is 36.3 Å². The van der Waals surface area contributed by atoms with Crippen LogP contribution in [0.1, 0.15) is 24.2 Å². The number of amides is 1. The Balaban J connectivity index is 2.21. The number of rotatable bonds is 2. The maximum atomic E-state index is 12.5. The zero-order valence-corrected chi connectivity index (χ0v) is 13.4. The quantitative estimate of drug-likeness (QED) is 0.883. The molecule has 2 atom stereocenters. The maximum absolute atomic E-state index is 12.5. The third kappa shape index (κ3) is 3.66. The largest absolute Gasteiger partial charge is 0.501 e. The third-order valence-corrected chi connectivity index (χ3v) is 5.06. The van der Waals surface area contributed by atoms with E-state index in [-0.39, 0.29) is 23.6 Å². The molecule has 5 nitrogen and oxygen atoms in total. The van der Waals surface area contributed by atoms with Gasteiger partial charge in [0, 0.05) is 30.7 Å². The fourth-order valence-electron chi connectivity index (χ4n) is 2.59. The van der Waals surface area contributed by atoms with E-state index < -0.39 is 20.2 Å². The second-order valence-corrected chi connectivity index (χ2v) is 7.59. The summed E-state index contributed by atoms with van der Waals surface area (Å²) in [6.45, 7) is 4.81. The molecule has 2 rings (SSSR count). The highest BCUT2D eigenvalue weighted by Gasteiger charge is 2.46. The van der Waals surface area contributed by atoms with Crippen LogP contribution in [0.15, 0.2) is 29.2 Å². The Hall–Kier alpha value is -1.61. The molecule has 0 spiro atoms. The average Bonchev–Trinajstić information content (AvgIpc) is 2.44. The highest BCUT2D eigenvalue weighted by atomic mass is 32.2. The van der Waals surface area contributed by atoms with Crippen molar-refractivity contribution in [3.05, 3.63) is 29.8 Å². The molecule has 0 radical (unpaired) electrons. The van der Waals surface area contributed by atoms with Gasteiger partial charge in [-0.1, -0.05) is 0 Å². The zero-order chi connectivity index (χ0) is 17.4. The molecule has 1 aromatic carbocycles. The highest BCUT2D eigenvalue weighted by Crippen LogP contribution is 2.30. The number of hydrogen-bond acceptors (Lipinski definition) is 4. The van der Waals surface area contributed by atoms with Gasteiger partial charge in [-0.15, -0.1) is 0 Å². The van der Waals surface area contributed by atoms with Crippen molar-refractivity contribution in [3.63, 3.8) is 0 Å². The average molecular weight is 350 g/mol. The lowest BCUT2D eigenvalue weighted by Crippen LogP contribution is -2.55. The first kappa shape index (κ1) is 17.7. The van der Waals surface area contributed by atoms with Crippen molar-refractivity contribution in [2.75, 3.05) is 13.1 Å². The molecule has 1 amide bonds. The second-order valence-electron chi connectivity index (χ2n) is 5.65. The number of nitrogens with one attached hydrogen (secondary N) is 1. The van der Waals surface area contributed by atoms with Crippen molar-refractivity contribution in [1.82, 2.24) is 10.2 Å². The van der Waals surface area contributed by atoms with Crippen LogP contribution in [0, 0.1) is 0 Å². The minimum Gasteiger partial charge on any atom is -0.336 e. The van der Waals surface area contributed by atoms with E-state index in [0.29, 0.717) is 13.1 Å². The van der Waals surface area contributed by atoms with Gasteiger partial charge in [0.1, 0.15) is 0 Å². The number of carbonyl (C=O) groups is 1. The van der Waals surface area contributed by atoms with Gasteiger partial charge in [0.25, 0.3) is 15.7 Å². The predicted molar refractivity (Wildman–Crippen MR) is 77.6 cm³/mol. The molecule has 1 heterocycles. The molecular formula is C14H17F3N2O3S. The summed E-state index contributed by atoms with van der Waals surface area (Å²) in [4.78, 5) is 13.1. The number of sulfone groups is 1. The standard InChI is InChI=1S/C14H17F3N2O3S/c1-9-7-19(8-10(2)18-9)13(20)11-3-5-12(6-4-11)23(21,22)14(15,16)17/h3-6,9-10,18H,7-8H2,1-2H3. The lowest BCUT2D eigenvalue weighted by Gasteiger charge is -2.36. The Bertz CT molecular complexity index is 676. The van der Waals surface area contributed by atoms with E-state index in [1.165, 1.54) is 0 Å². The van der Waals surface area contributed by atoms with Crippen LogP contribution in [-0.2, 0) is 9.84 Å². The number of carbonyl (C=O) groups excluding carboxylic acids is 1. The van der Waals surface area contributed by atoms with E-state index in [2.05, 4.69) is 5.32 Å². The number of nitrogens with zero attached hydrogens (tertiary/aromatic N) is 1. The van der Waals surface area contributed by atoms with Gasteiger partial charge in [-0.3, -0.25) is 4.79 Å². The molecule has 1 N–H and O–H groups in total. The van der Waals surface area contributed by atoms with Crippen LogP contribution in [0.3, 0.4) is 0 Å². The monoisotopic (exact) mass is 350 g/mol. The van der Waals surface area contributed by atoms with Crippen molar-refractivity contribution in [1.29, 1.82) is 0 Å². The molecule has 0 saturated carbocycles. The van der Waals surface area contributed by atoms with Crippen molar-refractivity contribution >= 4 is 15.7 Å². The van der Waals surface area contributed by atoms with Crippen LogP contribution in [0.4, 0.5) is 13.2 Å². The van der Waals surface area contributed by atoms with Crippen LogP contribution >= 0.6 is 0 Å². The van der Waals surface area contributed by atoms with Gasteiger partial charge in [-0.05, 0) is 38.1 Å². The molecule has 1 saturated heterocycles. The maximum Gasteiger partial charge on any atom is 0.501 e. The van der Waals surface area contributed by atoms with E-state index in [1.54, 1.807) is 4.90 Å². The molecule has 0 aromatic heterocycles. The molecule has 9 heteroatoms. The predicted octanol–water partition coefficient (Wildman–Crippen LogP) is 1.80. The SMILES string of the molecule is CC1CN(C(=O)c2ccc(S(=O)(=O)C(F)(F)F)cc2)CC(C)N1. The van der Waals surface area contributed by atoms with Crippen LogP contribution < -0.4 is 5.32 Å². The van der Waals surface area contributed by atoms with E-state index in [9.17, 15) is 26.4 Å². The van der Waals surface area contributed by atoms with E-state index in [0.717, 1.165) is 24.3 Å². The second kappa shape index (κ2) is 6.12. The Labute approximate surface area is 132 Å². The Morgan fingerprint density at radius 1 is 1.13 bits per heavy atom. The van der Waals surface area contributed by atoms with Gasteiger partial charge >= 0.3 is 5.51 Å². The van der Waals surface area contributed by atoms with E-state index in [1.807, 2.05) is 13.8 Å². The summed E-state index contributed by atoms with van der Waals surface area (Å²) >= 11 is 0. The minimum absolute atomic E-state index is 0.104. The van der Waals surface area contributed by atoms with Crippen LogP contribution in [0.25, 0.3) is 0 Å². The molecule has 1 fully saturated rings. The fraction of sp³-hybridized carbons (Fsp3) is 0.500. The summed E-state index contributed by atoms with van der Waals surface area (Å²) in [7, 11) is -5.40. The van der Waals surface area contributed by atoms with Crippen molar-refractivity contribution in [2.24, 2.45) is 0 Å². The third-order valence-electron chi connectivity index (χ3n) is 3.56. The molecule has 1 aromatic rings. The summed E-state index contributed by atoms with van der Waals surface area (Å²) in [6.07, 6.45) is 0. The molecule has 0 bridgehead atoms. The van der Waals surface area contributed by atoms with Crippen LogP contribution in [0.5, 0.6) is 0 Å². The highest BCUT2D eigenvalue weighted by molar-refractivity contribution is 7.92. The summed E-state index contributed by atoms with van der Waals surface area (Å²) in [5.74, 6) is -0.332. The summed E-state index contributed by atoms with van der Waals surface area (Å²) in [5.41, 5.74) is -5.20. The van der Waals surface area contributed by atoms with E-state index in [4.69, 9.17) is 0 Å². The van der Waals surface area contributed by atoms with Gasteiger partial charge in [0.2, 0.25) is 0 Å². The topological polar surface area (TPSA) is 66.5 Å². The number of alkyl halides is 3. The van der Waals surface area contributed by atoms with Gasteiger partial charge < -0.3 is 10.2 Å². The summed E-state index contributed by atoms with van der Waals surface area (Å²) in [6, 6.07) is 4.05. The number of benzene rings is 1. The van der Waals surface area contributed by atoms with Crippen molar-refractivity contribution in [3.8, 4) is 0 Å². The zero-order valence-electron chi connectivity index (χ0n) is 12.6. The molecule has 23 heavy (non-hydrogen) atoms. The number of piperazine rings is 1. The van der Waals surface area contributed by atoms with Gasteiger partial charge in [-0.25, -0.2) is 8.42 Å². The first-order chi connectivity index (χ1) is 10.5. The van der Waals surface area contributed by atoms with Crippen LogP contribution in [0.2, 0.25) is 0 Å². The number of hydrogen-bond donors (Lipinski definition) is 1. The summed E-state index contributed by atoms with van der Waals surface area (Å²) in [5, 5.41) is 3.26. The Morgan fingerprint density at radius 2 is 1.61 bits per heavy atom. The Kier molecular flexibility index (Phi) is 4.72. The molecule has 128 valence electrons.